The quantitative estimate of drug-likeness (QED) is 0.638. The van der Waals surface area contributed by atoms with E-state index in [0.29, 0.717) is 39.3 Å². The molecule has 2 N–H and O–H groups in total. The van der Waals surface area contributed by atoms with Gasteiger partial charge in [-0.25, -0.2) is 0 Å². The first-order valence-electron chi connectivity index (χ1n) is 6.22. The standard InChI is InChI=1S/C12H24N2O3/c1-12(2,10-15)9-13-4-3-11(16)14-5-7-17-8-6-14/h13,15H,3-10H2,1-2H3. The molecule has 1 heterocycles. The Labute approximate surface area is 103 Å². The van der Waals surface area contributed by atoms with Crippen LogP contribution in [0.25, 0.3) is 0 Å². The number of amides is 1. The second-order valence-corrected chi connectivity index (χ2v) is 5.24. The van der Waals surface area contributed by atoms with Gasteiger partial charge in [0.1, 0.15) is 0 Å². The van der Waals surface area contributed by atoms with Crippen LogP contribution < -0.4 is 5.32 Å². The van der Waals surface area contributed by atoms with Gasteiger partial charge in [-0.3, -0.25) is 4.79 Å². The van der Waals surface area contributed by atoms with E-state index < -0.39 is 0 Å². The van der Waals surface area contributed by atoms with E-state index in [2.05, 4.69) is 5.32 Å². The summed E-state index contributed by atoms with van der Waals surface area (Å²) in [6.45, 7) is 8.24. The third-order valence-corrected chi connectivity index (χ3v) is 2.91. The molecule has 0 radical (unpaired) electrons. The molecule has 0 atom stereocenters. The van der Waals surface area contributed by atoms with Crippen LogP contribution >= 0.6 is 0 Å². The number of morpholine rings is 1. The van der Waals surface area contributed by atoms with Crippen molar-refractivity contribution in [2.24, 2.45) is 5.41 Å². The fourth-order valence-electron chi connectivity index (χ4n) is 1.65. The zero-order valence-corrected chi connectivity index (χ0v) is 10.9. The number of rotatable bonds is 6. The minimum atomic E-state index is -0.123. The van der Waals surface area contributed by atoms with E-state index in [1.807, 2.05) is 18.7 Å². The lowest BCUT2D eigenvalue weighted by Gasteiger charge is -2.27. The molecule has 0 aromatic rings. The van der Waals surface area contributed by atoms with Crippen molar-refractivity contribution in [1.29, 1.82) is 0 Å². The summed E-state index contributed by atoms with van der Waals surface area (Å²) in [5.41, 5.74) is -0.123. The van der Waals surface area contributed by atoms with Crippen LogP contribution in [0.5, 0.6) is 0 Å². The molecule has 0 bridgehead atoms. The number of ether oxygens (including phenoxy) is 1. The normalized spacial score (nSPS) is 17.2. The van der Waals surface area contributed by atoms with Crippen molar-refractivity contribution in [3.05, 3.63) is 0 Å². The van der Waals surface area contributed by atoms with Crippen molar-refractivity contribution in [1.82, 2.24) is 10.2 Å². The van der Waals surface area contributed by atoms with Gasteiger partial charge in [0.15, 0.2) is 0 Å². The van der Waals surface area contributed by atoms with Gasteiger partial charge in [0.05, 0.1) is 13.2 Å². The fraction of sp³-hybridized carbons (Fsp3) is 0.917. The van der Waals surface area contributed by atoms with E-state index >= 15 is 0 Å². The topological polar surface area (TPSA) is 61.8 Å². The predicted molar refractivity (Wildman–Crippen MR) is 65.8 cm³/mol. The van der Waals surface area contributed by atoms with Gasteiger partial charge < -0.3 is 20.1 Å². The first kappa shape index (κ1) is 14.4. The highest BCUT2D eigenvalue weighted by Gasteiger charge is 2.18. The maximum atomic E-state index is 11.8. The maximum absolute atomic E-state index is 11.8. The second-order valence-electron chi connectivity index (χ2n) is 5.24. The zero-order valence-electron chi connectivity index (χ0n) is 10.9. The van der Waals surface area contributed by atoms with Crippen LogP contribution in [0.4, 0.5) is 0 Å². The number of aliphatic hydroxyl groups excluding tert-OH is 1. The van der Waals surface area contributed by atoms with Gasteiger partial charge in [-0.2, -0.15) is 0 Å². The van der Waals surface area contributed by atoms with Crippen molar-refractivity contribution < 1.29 is 14.6 Å². The Bertz CT molecular complexity index is 238. The van der Waals surface area contributed by atoms with Crippen LogP contribution in [0.3, 0.4) is 0 Å². The van der Waals surface area contributed by atoms with Crippen LogP contribution in [-0.2, 0) is 9.53 Å². The Morgan fingerprint density at radius 2 is 2.06 bits per heavy atom. The molecule has 5 heteroatoms. The van der Waals surface area contributed by atoms with Crippen molar-refractivity contribution in [2.75, 3.05) is 46.0 Å². The Morgan fingerprint density at radius 3 is 2.65 bits per heavy atom. The monoisotopic (exact) mass is 244 g/mol. The summed E-state index contributed by atoms with van der Waals surface area (Å²) in [5, 5.41) is 12.3. The number of hydrogen-bond donors (Lipinski definition) is 2. The molecule has 1 amide bonds. The average Bonchev–Trinajstić information content (AvgIpc) is 2.35. The van der Waals surface area contributed by atoms with E-state index in [-0.39, 0.29) is 17.9 Å². The Kier molecular flexibility index (Phi) is 5.88. The first-order valence-corrected chi connectivity index (χ1v) is 6.22. The Hall–Kier alpha value is -0.650. The van der Waals surface area contributed by atoms with E-state index in [0.717, 1.165) is 6.54 Å². The van der Waals surface area contributed by atoms with Gasteiger partial charge in [0.25, 0.3) is 0 Å². The molecule has 0 spiro atoms. The molecule has 1 aliphatic heterocycles. The molecule has 1 saturated heterocycles. The molecule has 0 aromatic heterocycles. The van der Waals surface area contributed by atoms with Crippen LogP contribution in [-0.4, -0.2) is 61.9 Å². The lowest BCUT2D eigenvalue weighted by atomic mass is 9.95. The van der Waals surface area contributed by atoms with Gasteiger partial charge in [-0.1, -0.05) is 13.8 Å². The Balaban J connectivity index is 2.11. The third kappa shape index (κ3) is 5.48. The first-order chi connectivity index (χ1) is 8.05. The molecule has 0 aromatic carbocycles. The van der Waals surface area contributed by atoms with Gasteiger partial charge in [-0.05, 0) is 0 Å². The number of hydrogen-bond acceptors (Lipinski definition) is 4. The second kappa shape index (κ2) is 6.93. The fourth-order valence-corrected chi connectivity index (χ4v) is 1.65. The van der Waals surface area contributed by atoms with E-state index in [1.54, 1.807) is 0 Å². The third-order valence-electron chi connectivity index (χ3n) is 2.91. The number of carbonyl (C=O) groups is 1. The summed E-state index contributed by atoms with van der Waals surface area (Å²) in [6, 6.07) is 0. The minimum Gasteiger partial charge on any atom is -0.396 e. The van der Waals surface area contributed by atoms with Gasteiger partial charge >= 0.3 is 0 Å². The highest BCUT2D eigenvalue weighted by molar-refractivity contribution is 5.76. The molecule has 0 aliphatic carbocycles. The van der Waals surface area contributed by atoms with Crippen molar-refractivity contribution in [2.45, 2.75) is 20.3 Å². The molecule has 1 rings (SSSR count). The van der Waals surface area contributed by atoms with Gasteiger partial charge in [0, 0.05) is 44.6 Å². The zero-order chi connectivity index (χ0) is 12.7. The molecule has 0 unspecified atom stereocenters. The molecule has 1 aliphatic rings. The van der Waals surface area contributed by atoms with E-state index in [9.17, 15) is 4.79 Å². The largest absolute Gasteiger partial charge is 0.396 e. The summed E-state index contributed by atoms with van der Waals surface area (Å²) < 4.78 is 5.20. The Morgan fingerprint density at radius 1 is 1.41 bits per heavy atom. The number of nitrogens with zero attached hydrogens (tertiary/aromatic N) is 1. The molecule has 17 heavy (non-hydrogen) atoms. The van der Waals surface area contributed by atoms with Crippen LogP contribution in [0.1, 0.15) is 20.3 Å². The molecular weight excluding hydrogens is 220 g/mol. The summed E-state index contributed by atoms with van der Waals surface area (Å²) in [7, 11) is 0. The summed E-state index contributed by atoms with van der Waals surface area (Å²) in [4.78, 5) is 13.6. The highest BCUT2D eigenvalue weighted by atomic mass is 16.5. The van der Waals surface area contributed by atoms with E-state index in [4.69, 9.17) is 9.84 Å². The molecule has 0 saturated carbocycles. The number of nitrogens with one attached hydrogen (secondary N) is 1. The lowest BCUT2D eigenvalue weighted by Crippen LogP contribution is -2.42. The number of carbonyl (C=O) groups excluding carboxylic acids is 1. The summed E-state index contributed by atoms with van der Waals surface area (Å²) >= 11 is 0. The number of aliphatic hydroxyl groups is 1. The molecular formula is C12H24N2O3. The minimum absolute atomic E-state index is 0.123. The van der Waals surface area contributed by atoms with Crippen molar-refractivity contribution >= 4 is 5.91 Å². The smallest absolute Gasteiger partial charge is 0.224 e. The van der Waals surface area contributed by atoms with Gasteiger partial charge in [-0.15, -0.1) is 0 Å². The highest BCUT2D eigenvalue weighted by Crippen LogP contribution is 2.11. The van der Waals surface area contributed by atoms with Crippen molar-refractivity contribution in [3.8, 4) is 0 Å². The van der Waals surface area contributed by atoms with Crippen LogP contribution in [0.2, 0.25) is 0 Å². The summed E-state index contributed by atoms with van der Waals surface area (Å²) in [5.74, 6) is 0.183. The van der Waals surface area contributed by atoms with Crippen LogP contribution in [0, 0.1) is 5.41 Å². The van der Waals surface area contributed by atoms with Gasteiger partial charge in [0.2, 0.25) is 5.91 Å². The molecule has 5 nitrogen and oxygen atoms in total. The van der Waals surface area contributed by atoms with Crippen LogP contribution in [0.15, 0.2) is 0 Å². The lowest BCUT2D eigenvalue weighted by molar-refractivity contribution is -0.135. The molecule has 1 fully saturated rings. The maximum Gasteiger partial charge on any atom is 0.224 e. The predicted octanol–water partition coefficient (Wildman–Crippen LogP) is -0.157. The van der Waals surface area contributed by atoms with E-state index in [1.165, 1.54) is 0 Å². The van der Waals surface area contributed by atoms with Crippen molar-refractivity contribution in [3.63, 3.8) is 0 Å². The SMILES string of the molecule is CC(C)(CO)CNCCC(=O)N1CCOCC1. The molecule has 100 valence electrons. The average molecular weight is 244 g/mol. The summed E-state index contributed by atoms with van der Waals surface area (Å²) in [6.07, 6.45) is 0.515.